The van der Waals surface area contributed by atoms with Gasteiger partial charge >= 0.3 is 0 Å². The summed E-state index contributed by atoms with van der Waals surface area (Å²) in [7, 11) is 0. The van der Waals surface area contributed by atoms with E-state index in [1.807, 2.05) is 19.2 Å². The molecule has 0 aliphatic heterocycles. The Morgan fingerprint density at radius 2 is 2.00 bits per heavy atom. The molecule has 4 N–H and O–H groups in total. The lowest BCUT2D eigenvalue weighted by atomic mass is 9.87. The first-order chi connectivity index (χ1) is 10.1. The summed E-state index contributed by atoms with van der Waals surface area (Å²) in [6.45, 7) is 2.95. The number of aliphatic hydroxyl groups excluding tert-OH is 1. The van der Waals surface area contributed by atoms with Crippen LogP contribution in [0.15, 0.2) is 24.4 Å². The van der Waals surface area contributed by atoms with Crippen LogP contribution in [-0.2, 0) is 0 Å². The van der Waals surface area contributed by atoms with Gasteiger partial charge < -0.3 is 16.2 Å². The second-order valence-corrected chi connectivity index (χ2v) is 6.13. The van der Waals surface area contributed by atoms with E-state index in [0.29, 0.717) is 5.92 Å². The van der Waals surface area contributed by atoms with E-state index in [4.69, 9.17) is 5.73 Å². The van der Waals surface area contributed by atoms with Crippen LogP contribution in [0.4, 0.5) is 11.4 Å². The van der Waals surface area contributed by atoms with Gasteiger partial charge in [-0.15, -0.1) is 0 Å². The van der Waals surface area contributed by atoms with Crippen LogP contribution in [-0.4, -0.2) is 22.7 Å². The minimum Gasteiger partial charge on any atom is -0.398 e. The van der Waals surface area contributed by atoms with E-state index < -0.39 is 0 Å². The van der Waals surface area contributed by atoms with E-state index in [2.05, 4.69) is 22.4 Å². The maximum absolute atomic E-state index is 9.57. The fourth-order valence-corrected chi connectivity index (χ4v) is 3.12. The van der Waals surface area contributed by atoms with Gasteiger partial charge in [-0.2, -0.15) is 0 Å². The van der Waals surface area contributed by atoms with Gasteiger partial charge in [0.25, 0.3) is 0 Å². The molecule has 0 radical (unpaired) electrons. The average molecular weight is 285 g/mol. The van der Waals surface area contributed by atoms with Crippen LogP contribution >= 0.6 is 0 Å². The van der Waals surface area contributed by atoms with Crippen LogP contribution in [0.1, 0.15) is 31.4 Å². The zero-order valence-electron chi connectivity index (χ0n) is 12.5. The number of nitrogens with zero attached hydrogens (tertiary/aromatic N) is 1. The predicted molar refractivity (Wildman–Crippen MR) is 87.3 cm³/mol. The molecule has 112 valence electrons. The number of rotatable bonds is 3. The third-order valence-corrected chi connectivity index (χ3v) is 4.47. The largest absolute Gasteiger partial charge is 0.398 e. The van der Waals surface area contributed by atoms with Crippen molar-refractivity contribution in [3.63, 3.8) is 0 Å². The van der Waals surface area contributed by atoms with Gasteiger partial charge in [0.2, 0.25) is 0 Å². The number of pyridine rings is 1. The summed E-state index contributed by atoms with van der Waals surface area (Å²) in [6.07, 6.45) is 5.81. The Labute approximate surface area is 125 Å². The molecule has 21 heavy (non-hydrogen) atoms. The van der Waals surface area contributed by atoms with E-state index in [9.17, 15) is 5.11 Å². The number of aromatic nitrogens is 1. The van der Waals surface area contributed by atoms with Gasteiger partial charge in [-0.05, 0) is 56.7 Å². The van der Waals surface area contributed by atoms with Gasteiger partial charge in [0.15, 0.2) is 0 Å². The van der Waals surface area contributed by atoms with Crippen LogP contribution in [0, 0.1) is 12.8 Å². The van der Waals surface area contributed by atoms with Gasteiger partial charge in [0.05, 0.1) is 6.10 Å². The van der Waals surface area contributed by atoms with Gasteiger partial charge in [0, 0.05) is 40.6 Å². The highest BCUT2D eigenvalue weighted by Gasteiger charge is 2.19. The lowest BCUT2D eigenvalue weighted by Crippen LogP contribution is -2.23. The Morgan fingerprint density at radius 3 is 2.76 bits per heavy atom. The van der Waals surface area contributed by atoms with E-state index >= 15 is 0 Å². The zero-order valence-corrected chi connectivity index (χ0v) is 12.5. The van der Waals surface area contributed by atoms with Crippen LogP contribution < -0.4 is 11.1 Å². The number of hydrogen-bond donors (Lipinski definition) is 3. The summed E-state index contributed by atoms with van der Waals surface area (Å²) < 4.78 is 0. The van der Waals surface area contributed by atoms with Gasteiger partial charge in [0.1, 0.15) is 0 Å². The van der Waals surface area contributed by atoms with E-state index in [-0.39, 0.29) is 6.10 Å². The second-order valence-electron chi connectivity index (χ2n) is 6.13. The van der Waals surface area contributed by atoms with Crippen LogP contribution in [0.3, 0.4) is 0 Å². The van der Waals surface area contributed by atoms with Crippen molar-refractivity contribution in [2.75, 3.05) is 17.6 Å². The lowest BCUT2D eigenvalue weighted by Gasteiger charge is -2.26. The molecule has 3 rings (SSSR count). The number of nitrogen functional groups attached to an aromatic ring is 1. The van der Waals surface area contributed by atoms with Crippen molar-refractivity contribution < 1.29 is 5.11 Å². The van der Waals surface area contributed by atoms with Gasteiger partial charge in [-0.25, -0.2) is 0 Å². The molecule has 1 saturated carbocycles. The summed E-state index contributed by atoms with van der Waals surface area (Å²) >= 11 is 0. The normalized spacial score (nSPS) is 22.4. The standard InChI is InChI=1S/C17H23N3O/c1-11-8-14-15(10-19-11)16(18)6-7-17(14)20-9-12-2-4-13(21)5-3-12/h6-8,10,12-13,20-21H,2-5,9,18H2,1H3. The van der Waals surface area contributed by atoms with Crippen LogP contribution in [0.25, 0.3) is 10.8 Å². The number of aliphatic hydroxyl groups is 1. The molecular weight excluding hydrogens is 262 g/mol. The van der Waals surface area contributed by atoms with Gasteiger partial charge in [-0.3, -0.25) is 4.98 Å². The first-order valence-corrected chi connectivity index (χ1v) is 7.70. The molecule has 0 unspecified atom stereocenters. The Hall–Kier alpha value is -1.81. The quantitative estimate of drug-likeness (QED) is 0.758. The molecule has 0 saturated heterocycles. The SMILES string of the molecule is Cc1cc2c(NCC3CCC(O)CC3)ccc(N)c2cn1. The molecule has 1 aromatic heterocycles. The molecule has 0 amide bonds. The minimum absolute atomic E-state index is 0.0904. The average Bonchev–Trinajstić information content (AvgIpc) is 2.48. The number of aryl methyl sites for hydroxylation is 1. The number of benzene rings is 1. The van der Waals surface area contributed by atoms with E-state index in [1.165, 1.54) is 0 Å². The molecule has 4 nitrogen and oxygen atoms in total. The van der Waals surface area contributed by atoms with Crippen molar-refractivity contribution in [2.24, 2.45) is 5.92 Å². The maximum Gasteiger partial charge on any atom is 0.0540 e. The maximum atomic E-state index is 9.57. The van der Waals surface area contributed by atoms with Crippen molar-refractivity contribution in [2.45, 2.75) is 38.7 Å². The molecule has 1 aromatic carbocycles. The topological polar surface area (TPSA) is 71.2 Å². The summed E-state index contributed by atoms with van der Waals surface area (Å²) in [6, 6.07) is 6.07. The summed E-state index contributed by atoms with van der Waals surface area (Å²) in [5.74, 6) is 0.643. The molecule has 1 aliphatic rings. The molecule has 1 fully saturated rings. The number of nitrogens with one attached hydrogen (secondary N) is 1. The smallest absolute Gasteiger partial charge is 0.0540 e. The predicted octanol–water partition coefficient (Wildman–Crippen LogP) is 3.09. The third-order valence-electron chi connectivity index (χ3n) is 4.47. The summed E-state index contributed by atoms with van der Waals surface area (Å²) in [5.41, 5.74) is 8.92. The van der Waals surface area contributed by atoms with Crippen molar-refractivity contribution >= 4 is 22.1 Å². The summed E-state index contributed by atoms with van der Waals surface area (Å²) in [4.78, 5) is 4.33. The first kappa shape index (κ1) is 14.1. The molecule has 0 bridgehead atoms. The Morgan fingerprint density at radius 1 is 1.24 bits per heavy atom. The molecule has 0 atom stereocenters. The van der Waals surface area contributed by atoms with E-state index in [1.54, 1.807) is 0 Å². The molecule has 2 aromatic rings. The minimum atomic E-state index is -0.0904. The third kappa shape index (κ3) is 3.10. The highest BCUT2D eigenvalue weighted by Crippen LogP contribution is 2.30. The highest BCUT2D eigenvalue weighted by molar-refractivity contribution is 6.00. The van der Waals surface area contributed by atoms with Crippen molar-refractivity contribution in [3.8, 4) is 0 Å². The molecule has 1 heterocycles. The van der Waals surface area contributed by atoms with Crippen molar-refractivity contribution in [3.05, 3.63) is 30.1 Å². The van der Waals surface area contributed by atoms with Crippen LogP contribution in [0.2, 0.25) is 0 Å². The Kier molecular flexibility index (Phi) is 3.97. The van der Waals surface area contributed by atoms with Crippen LogP contribution in [0.5, 0.6) is 0 Å². The van der Waals surface area contributed by atoms with Crippen molar-refractivity contribution in [1.29, 1.82) is 0 Å². The number of fused-ring (bicyclic) bond motifs is 1. The number of nitrogens with two attached hydrogens (primary N) is 1. The monoisotopic (exact) mass is 285 g/mol. The lowest BCUT2D eigenvalue weighted by molar-refractivity contribution is 0.111. The number of anilines is 2. The molecule has 0 spiro atoms. The first-order valence-electron chi connectivity index (χ1n) is 7.70. The zero-order chi connectivity index (χ0) is 14.8. The van der Waals surface area contributed by atoms with Gasteiger partial charge in [-0.1, -0.05) is 0 Å². The summed E-state index contributed by atoms with van der Waals surface area (Å²) in [5, 5.41) is 15.3. The molecule has 1 aliphatic carbocycles. The fraction of sp³-hybridized carbons (Fsp3) is 0.471. The molecular formula is C17H23N3O. The fourth-order valence-electron chi connectivity index (χ4n) is 3.12. The highest BCUT2D eigenvalue weighted by atomic mass is 16.3. The Bertz CT molecular complexity index is 633. The Balaban J connectivity index is 1.78. The van der Waals surface area contributed by atoms with E-state index in [0.717, 1.165) is 60.1 Å². The van der Waals surface area contributed by atoms with Crippen molar-refractivity contribution in [1.82, 2.24) is 4.98 Å². The number of hydrogen-bond acceptors (Lipinski definition) is 4. The molecule has 4 heteroatoms. The second kappa shape index (κ2) is 5.90.